The predicted octanol–water partition coefficient (Wildman–Crippen LogP) is 3.08. The number of rotatable bonds is 3. The molecule has 0 bridgehead atoms. The molecule has 0 spiro atoms. The van der Waals surface area contributed by atoms with Gasteiger partial charge in [0.15, 0.2) is 0 Å². The number of aromatic amines is 1. The van der Waals surface area contributed by atoms with Gasteiger partial charge in [-0.05, 0) is 48.5 Å². The molecule has 8 heteroatoms. The molecule has 3 rings (SSSR count). The first-order valence-electron chi connectivity index (χ1n) is 7.13. The number of nitrogens with zero attached hydrogens (tertiary/aromatic N) is 1. The molecule has 3 aromatic rings. The Morgan fingerprint density at radius 3 is 2.08 bits per heavy atom. The van der Waals surface area contributed by atoms with E-state index in [2.05, 4.69) is 10.3 Å². The minimum Gasteiger partial charge on any atom is -0.322 e. The fourth-order valence-electron chi connectivity index (χ4n) is 2.19. The zero-order valence-corrected chi connectivity index (χ0v) is 14.1. The van der Waals surface area contributed by atoms with Crippen molar-refractivity contribution >= 4 is 34.8 Å². The lowest BCUT2D eigenvalue weighted by Gasteiger charge is -2.08. The van der Waals surface area contributed by atoms with Gasteiger partial charge in [-0.25, -0.2) is 9.36 Å². The fourth-order valence-corrected chi connectivity index (χ4v) is 2.44. The molecule has 0 aliphatic carbocycles. The number of hydrogen-bond acceptors (Lipinski definition) is 3. The Bertz CT molecular complexity index is 1040. The summed E-state index contributed by atoms with van der Waals surface area (Å²) in [5.74, 6) is -0.647. The highest BCUT2D eigenvalue weighted by Crippen LogP contribution is 2.14. The number of anilines is 1. The average molecular weight is 376 g/mol. The van der Waals surface area contributed by atoms with Crippen molar-refractivity contribution in [3.05, 3.63) is 91.2 Å². The normalized spacial score (nSPS) is 10.5. The van der Waals surface area contributed by atoms with Gasteiger partial charge in [0.25, 0.3) is 11.5 Å². The number of carbonyl (C=O) groups is 1. The molecule has 2 N–H and O–H groups in total. The van der Waals surface area contributed by atoms with Crippen LogP contribution in [0.4, 0.5) is 5.69 Å². The Hall–Kier alpha value is -2.83. The van der Waals surface area contributed by atoms with Crippen molar-refractivity contribution in [3.8, 4) is 5.69 Å². The molecule has 0 fully saturated rings. The first-order chi connectivity index (χ1) is 12.0. The molecule has 0 aliphatic rings. The monoisotopic (exact) mass is 375 g/mol. The minimum atomic E-state index is -0.738. The lowest BCUT2D eigenvalue weighted by molar-refractivity contribution is 0.102. The van der Waals surface area contributed by atoms with Gasteiger partial charge in [0, 0.05) is 21.9 Å². The number of halogens is 2. The Morgan fingerprint density at radius 1 is 0.920 bits per heavy atom. The molecule has 0 saturated carbocycles. The molecule has 1 aromatic heterocycles. The van der Waals surface area contributed by atoms with Crippen molar-refractivity contribution < 1.29 is 4.79 Å². The summed E-state index contributed by atoms with van der Waals surface area (Å²) in [6, 6.07) is 12.5. The standard InChI is InChI=1S/C17H11Cl2N3O3/c18-10-1-5-12(6-2-10)21-15(23)14-9-20-17(25)22(16(14)24)13-7-3-11(19)4-8-13/h1-9H,(H,20,25)(H,21,23). The van der Waals surface area contributed by atoms with Gasteiger partial charge < -0.3 is 10.3 Å². The number of benzene rings is 2. The van der Waals surface area contributed by atoms with Crippen LogP contribution in [0.5, 0.6) is 0 Å². The Labute approximate surface area is 151 Å². The summed E-state index contributed by atoms with van der Waals surface area (Å²) in [4.78, 5) is 39.4. The first-order valence-corrected chi connectivity index (χ1v) is 7.89. The second-order valence-electron chi connectivity index (χ2n) is 5.09. The third-order valence-corrected chi connectivity index (χ3v) is 3.91. The maximum Gasteiger partial charge on any atom is 0.333 e. The molecule has 126 valence electrons. The molecule has 0 atom stereocenters. The van der Waals surface area contributed by atoms with E-state index in [1.54, 1.807) is 36.4 Å². The van der Waals surface area contributed by atoms with E-state index in [-0.39, 0.29) is 5.56 Å². The summed E-state index contributed by atoms with van der Waals surface area (Å²) < 4.78 is 0.868. The Kier molecular flexibility index (Phi) is 4.74. The molecule has 25 heavy (non-hydrogen) atoms. The van der Waals surface area contributed by atoms with Crippen LogP contribution in [0.15, 0.2) is 64.3 Å². The molecule has 1 amide bonds. The molecule has 1 heterocycles. The van der Waals surface area contributed by atoms with Crippen molar-refractivity contribution in [2.45, 2.75) is 0 Å². The third kappa shape index (κ3) is 3.65. The van der Waals surface area contributed by atoms with E-state index in [1.807, 2.05) is 0 Å². The van der Waals surface area contributed by atoms with Crippen molar-refractivity contribution in [2.75, 3.05) is 5.32 Å². The largest absolute Gasteiger partial charge is 0.333 e. The highest BCUT2D eigenvalue weighted by molar-refractivity contribution is 6.30. The van der Waals surface area contributed by atoms with Gasteiger partial charge in [-0.3, -0.25) is 9.59 Å². The summed E-state index contributed by atoms with van der Waals surface area (Å²) >= 11 is 11.6. The van der Waals surface area contributed by atoms with Crippen LogP contribution in [-0.2, 0) is 0 Å². The minimum absolute atomic E-state index is 0.204. The van der Waals surface area contributed by atoms with Crippen molar-refractivity contribution in [1.29, 1.82) is 0 Å². The Morgan fingerprint density at radius 2 is 1.48 bits per heavy atom. The van der Waals surface area contributed by atoms with E-state index < -0.39 is 17.2 Å². The van der Waals surface area contributed by atoms with E-state index in [9.17, 15) is 14.4 Å². The highest BCUT2D eigenvalue weighted by Gasteiger charge is 2.16. The molecule has 0 radical (unpaired) electrons. The molecular weight excluding hydrogens is 365 g/mol. The maximum atomic E-state index is 12.6. The summed E-state index contributed by atoms with van der Waals surface area (Å²) in [6.07, 6.45) is 1.09. The number of nitrogens with one attached hydrogen (secondary N) is 2. The van der Waals surface area contributed by atoms with Crippen LogP contribution in [0.2, 0.25) is 10.0 Å². The highest BCUT2D eigenvalue weighted by atomic mass is 35.5. The lowest BCUT2D eigenvalue weighted by atomic mass is 10.2. The second-order valence-corrected chi connectivity index (χ2v) is 5.96. The summed E-state index contributed by atoms with van der Waals surface area (Å²) in [5.41, 5.74) is -0.827. The zero-order chi connectivity index (χ0) is 18.0. The van der Waals surface area contributed by atoms with E-state index in [4.69, 9.17) is 23.2 Å². The summed E-state index contributed by atoms with van der Waals surface area (Å²) in [5, 5.41) is 3.56. The summed E-state index contributed by atoms with van der Waals surface area (Å²) in [6.45, 7) is 0. The average Bonchev–Trinajstić information content (AvgIpc) is 2.58. The Balaban J connectivity index is 2.00. The van der Waals surface area contributed by atoms with Crippen LogP contribution in [0.1, 0.15) is 10.4 Å². The van der Waals surface area contributed by atoms with Crippen LogP contribution < -0.4 is 16.6 Å². The molecule has 0 saturated heterocycles. The number of carbonyl (C=O) groups excluding carboxylic acids is 1. The molecule has 6 nitrogen and oxygen atoms in total. The predicted molar refractivity (Wildman–Crippen MR) is 97.1 cm³/mol. The van der Waals surface area contributed by atoms with Gasteiger partial charge in [-0.15, -0.1) is 0 Å². The molecule has 0 aliphatic heterocycles. The van der Waals surface area contributed by atoms with E-state index in [1.165, 1.54) is 12.1 Å². The first kappa shape index (κ1) is 17.0. The lowest BCUT2D eigenvalue weighted by Crippen LogP contribution is -2.38. The van der Waals surface area contributed by atoms with Gasteiger partial charge in [-0.2, -0.15) is 0 Å². The summed E-state index contributed by atoms with van der Waals surface area (Å²) in [7, 11) is 0. The third-order valence-electron chi connectivity index (χ3n) is 3.41. The SMILES string of the molecule is O=C(Nc1ccc(Cl)cc1)c1c[nH]c(=O)n(-c2ccc(Cl)cc2)c1=O. The quantitative estimate of drug-likeness (QED) is 0.737. The zero-order valence-electron chi connectivity index (χ0n) is 12.6. The van der Waals surface area contributed by atoms with Crippen LogP contribution in [0.25, 0.3) is 5.69 Å². The fraction of sp³-hybridized carbons (Fsp3) is 0. The van der Waals surface area contributed by atoms with Gasteiger partial charge in [0.1, 0.15) is 5.56 Å². The number of H-pyrrole nitrogens is 1. The smallest absolute Gasteiger partial charge is 0.322 e. The van der Waals surface area contributed by atoms with Gasteiger partial charge in [0.05, 0.1) is 5.69 Å². The van der Waals surface area contributed by atoms with Crippen LogP contribution in [-0.4, -0.2) is 15.5 Å². The van der Waals surface area contributed by atoms with Crippen molar-refractivity contribution in [1.82, 2.24) is 9.55 Å². The maximum absolute atomic E-state index is 12.6. The number of hydrogen-bond donors (Lipinski definition) is 2. The number of aromatic nitrogens is 2. The van der Waals surface area contributed by atoms with Crippen molar-refractivity contribution in [2.24, 2.45) is 0 Å². The van der Waals surface area contributed by atoms with Gasteiger partial charge in [-0.1, -0.05) is 23.2 Å². The molecular formula is C17H11Cl2N3O3. The molecule has 0 unspecified atom stereocenters. The van der Waals surface area contributed by atoms with Crippen LogP contribution >= 0.6 is 23.2 Å². The van der Waals surface area contributed by atoms with Gasteiger partial charge in [0.2, 0.25) is 0 Å². The van der Waals surface area contributed by atoms with Crippen LogP contribution in [0.3, 0.4) is 0 Å². The van der Waals surface area contributed by atoms with Gasteiger partial charge >= 0.3 is 5.69 Å². The second kappa shape index (κ2) is 6.96. The van der Waals surface area contributed by atoms with E-state index in [0.717, 1.165) is 10.8 Å². The van der Waals surface area contributed by atoms with E-state index >= 15 is 0 Å². The van der Waals surface area contributed by atoms with E-state index in [0.29, 0.717) is 21.4 Å². The molecule has 2 aromatic carbocycles. The van der Waals surface area contributed by atoms with Crippen molar-refractivity contribution in [3.63, 3.8) is 0 Å². The van der Waals surface area contributed by atoms with Crippen LogP contribution in [0, 0.1) is 0 Å². The number of amides is 1. The topological polar surface area (TPSA) is 84.0 Å².